The van der Waals surface area contributed by atoms with Gasteiger partial charge in [-0.25, -0.2) is 0 Å². The van der Waals surface area contributed by atoms with E-state index in [0.717, 1.165) is 24.2 Å². The molecular weight excluding hydrogens is 304 g/mol. The van der Waals surface area contributed by atoms with Crippen molar-refractivity contribution < 1.29 is 14.3 Å². The molecule has 1 aromatic carbocycles. The van der Waals surface area contributed by atoms with Crippen molar-refractivity contribution in [2.45, 2.75) is 38.6 Å². The predicted molar refractivity (Wildman–Crippen MR) is 93.8 cm³/mol. The molecule has 0 saturated carbocycles. The lowest BCUT2D eigenvalue weighted by atomic mass is 9.82. The third-order valence-electron chi connectivity index (χ3n) is 4.67. The van der Waals surface area contributed by atoms with E-state index in [1.54, 1.807) is 26.1 Å². The number of likely N-dealkylation sites (tertiary alicyclic amines) is 1. The molecule has 2 unspecified atom stereocenters. The highest BCUT2D eigenvalue weighted by molar-refractivity contribution is 5.85. The predicted octanol–water partition coefficient (Wildman–Crippen LogP) is 2.86. The highest BCUT2D eigenvalue weighted by atomic mass is 16.5. The van der Waals surface area contributed by atoms with Gasteiger partial charge in [-0.2, -0.15) is 0 Å². The van der Waals surface area contributed by atoms with E-state index in [4.69, 9.17) is 4.74 Å². The van der Waals surface area contributed by atoms with Gasteiger partial charge in [0, 0.05) is 32.6 Å². The molecule has 5 nitrogen and oxygen atoms in total. The lowest BCUT2D eigenvalue weighted by Gasteiger charge is -2.42. The number of hydrogen-bond donors (Lipinski definition) is 0. The fourth-order valence-electron chi connectivity index (χ4n) is 3.43. The zero-order chi connectivity index (χ0) is 17.7. The number of para-hydroxylation sites is 1. The Morgan fingerprint density at radius 3 is 2.67 bits per heavy atom. The van der Waals surface area contributed by atoms with Gasteiger partial charge in [-0.05, 0) is 18.9 Å². The summed E-state index contributed by atoms with van der Waals surface area (Å²) in [6, 6.07) is 7.45. The van der Waals surface area contributed by atoms with Crippen molar-refractivity contribution in [2.24, 2.45) is 5.92 Å². The molecule has 1 aromatic rings. The van der Waals surface area contributed by atoms with E-state index in [2.05, 4.69) is 6.92 Å². The fourth-order valence-corrected chi connectivity index (χ4v) is 3.43. The van der Waals surface area contributed by atoms with E-state index in [0.29, 0.717) is 19.4 Å². The molecule has 0 bridgehead atoms. The molecule has 132 valence electrons. The van der Waals surface area contributed by atoms with Crippen molar-refractivity contribution >= 4 is 11.8 Å². The maximum Gasteiger partial charge on any atom is 0.227 e. The van der Waals surface area contributed by atoms with Crippen molar-refractivity contribution in [1.82, 2.24) is 9.80 Å². The van der Waals surface area contributed by atoms with Gasteiger partial charge < -0.3 is 14.5 Å². The van der Waals surface area contributed by atoms with Crippen molar-refractivity contribution in [3.63, 3.8) is 0 Å². The first-order valence-electron chi connectivity index (χ1n) is 8.64. The van der Waals surface area contributed by atoms with E-state index in [-0.39, 0.29) is 23.8 Å². The van der Waals surface area contributed by atoms with Gasteiger partial charge in [-0.1, -0.05) is 31.5 Å². The Labute approximate surface area is 144 Å². The van der Waals surface area contributed by atoms with Crippen molar-refractivity contribution in [1.29, 1.82) is 0 Å². The largest absolute Gasteiger partial charge is 0.496 e. The number of methoxy groups -OCH3 is 1. The highest BCUT2D eigenvalue weighted by Crippen LogP contribution is 2.41. The van der Waals surface area contributed by atoms with E-state index >= 15 is 0 Å². The maximum absolute atomic E-state index is 12.8. The summed E-state index contributed by atoms with van der Waals surface area (Å²) in [6.07, 6.45) is 2.95. The summed E-state index contributed by atoms with van der Waals surface area (Å²) in [6.45, 7) is 2.78. The van der Waals surface area contributed by atoms with Crippen LogP contribution in [0.4, 0.5) is 0 Å². The number of carbonyl (C=O) groups is 2. The number of rotatable bonds is 6. The molecule has 0 radical (unpaired) electrons. The smallest absolute Gasteiger partial charge is 0.227 e. The number of nitrogens with zero attached hydrogens (tertiary/aromatic N) is 2. The van der Waals surface area contributed by atoms with Gasteiger partial charge in [0.2, 0.25) is 11.8 Å². The molecule has 0 spiro atoms. The van der Waals surface area contributed by atoms with Gasteiger partial charge in [0.25, 0.3) is 0 Å². The molecule has 2 amide bonds. The first-order chi connectivity index (χ1) is 11.5. The minimum atomic E-state index is -0.260. The monoisotopic (exact) mass is 332 g/mol. The van der Waals surface area contributed by atoms with Crippen LogP contribution in [0.5, 0.6) is 5.75 Å². The van der Waals surface area contributed by atoms with Gasteiger partial charge >= 0.3 is 0 Å². The summed E-state index contributed by atoms with van der Waals surface area (Å²) < 4.78 is 5.51. The number of unbranched alkanes of at least 4 members (excludes halogenated alkanes) is 1. The van der Waals surface area contributed by atoms with Crippen LogP contribution in [-0.2, 0) is 9.59 Å². The third-order valence-corrected chi connectivity index (χ3v) is 4.67. The Kier molecular flexibility index (Phi) is 6.23. The molecular formula is C19H28N2O3. The molecule has 0 N–H and O–H groups in total. The fraction of sp³-hybridized carbons (Fsp3) is 0.579. The van der Waals surface area contributed by atoms with Crippen LogP contribution < -0.4 is 4.74 Å². The van der Waals surface area contributed by atoms with E-state index in [1.165, 1.54) is 0 Å². The van der Waals surface area contributed by atoms with Gasteiger partial charge in [0.1, 0.15) is 5.75 Å². The van der Waals surface area contributed by atoms with Crippen LogP contribution in [0.25, 0.3) is 0 Å². The SMILES string of the molecule is CCCCN1C(=O)CCC(C(=O)N(C)C)C1c1ccccc1OC. The standard InChI is InChI=1S/C19H28N2O3/c1-5-6-13-21-17(22)12-11-15(19(23)20(2)3)18(21)14-9-7-8-10-16(14)24-4/h7-10,15,18H,5-6,11-13H2,1-4H3. The number of hydrogen-bond acceptors (Lipinski definition) is 3. The second-order valence-corrected chi connectivity index (χ2v) is 6.51. The van der Waals surface area contributed by atoms with Gasteiger partial charge in [-0.3, -0.25) is 9.59 Å². The number of carbonyl (C=O) groups excluding carboxylic acids is 2. The van der Waals surface area contributed by atoms with Crippen molar-refractivity contribution in [3.05, 3.63) is 29.8 Å². The van der Waals surface area contributed by atoms with E-state index in [9.17, 15) is 9.59 Å². The minimum Gasteiger partial charge on any atom is -0.496 e. The third kappa shape index (κ3) is 3.71. The normalized spacial score (nSPS) is 20.8. The van der Waals surface area contributed by atoms with Gasteiger partial charge in [0.15, 0.2) is 0 Å². The topological polar surface area (TPSA) is 49.9 Å². The Hall–Kier alpha value is -2.04. The average Bonchev–Trinajstić information content (AvgIpc) is 2.59. The molecule has 24 heavy (non-hydrogen) atoms. The lowest BCUT2D eigenvalue weighted by molar-refractivity contribution is -0.146. The molecule has 5 heteroatoms. The van der Waals surface area contributed by atoms with Crippen molar-refractivity contribution in [2.75, 3.05) is 27.7 Å². The number of amides is 2. The summed E-state index contributed by atoms with van der Waals surface area (Å²) >= 11 is 0. The molecule has 1 saturated heterocycles. The number of ether oxygens (including phenoxy) is 1. The summed E-state index contributed by atoms with van der Waals surface area (Å²) in [7, 11) is 5.17. The van der Waals surface area contributed by atoms with Gasteiger partial charge in [-0.15, -0.1) is 0 Å². The van der Waals surface area contributed by atoms with Crippen LogP contribution in [0.1, 0.15) is 44.2 Å². The molecule has 1 aliphatic heterocycles. The molecule has 1 heterocycles. The lowest BCUT2D eigenvalue weighted by Crippen LogP contribution is -2.48. The summed E-state index contributed by atoms with van der Waals surface area (Å²) in [5.74, 6) is 0.697. The zero-order valence-electron chi connectivity index (χ0n) is 15.1. The second-order valence-electron chi connectivity index (χ2n) is 6.51. The van der Waals surface area contributed by atoms with E-state index < -0.39 is 0 Å². The van der Waals surface area contributed by atoms with Crippen LogP contribution in [0.15, 0.2) is 24.3 Å². The zero-order valence-corrected chi connectivity index (χ0v) is 15.1. The Balaban J connectivity index is 2.48. The van der Waals surface area contributed by atoms with Crippen LogP contribution in [-0.4, -0.2) is 49.4 Å². The van der Waals surface area contributed by atoms with Crippen LogP contribution in [0, 0.1) is 5.92 Å². The average molecular weight is 332 g/mol. The maximum atomic E-state index is 12.8. The van der Waals surface area contributed by atoms with Crippen LogP contribution >= 0.6 is 0 Å². The summed E-state index contributed by atoms with van der Waals surface area (Å²) in [5, 5.41) is 0. The molecule has 1 aliphatic rings. The van der Waals surface area contributed by atoms with Crippen LogP contribution in [0.2, 0.25) is 0 Å². The molecule has 1 fully saturated rings. The molecule has 2 rings (SSSR count). The summed E-state index contributed by atoms with van der Waals surface area (Å²) in [5.41, 5.74) is 0.921. The quantitative estimate of drug-likeness (QED) is 0.805. The molecule has 2 atom stereocenters. The number of piperidine rings is 1. The second kappa shape index (κ2) is 8.18. The first kappa shape index (κ1) is 18.3. The molecule has 0 aromatic heterocycles. The Morgan fingerprint density at radius 2 is 2.04 bits per heavy atom. The highest BCUT2D eigenvalue weighted by Gasteiger charge is 2.41. The van der Waals surface area contributed by atoms with Crippen molar-refractivity contribution in [3.8, 4) is 5.75 Å². The minimum absolute atomic E-state index is 0.0694. The Bertz CT molecular complexity index is 586. The molecule has 0 aliphatic carbocycles. The first-order valence-corrected chi connectivity index (χ1v) is 8.64. The number of benzene rings is 1. The summed E-state index contributed by atoms with van der Waals surface area (Å²) in [4.78, 5) is 28.8. The van der Waals surface area contributed by atoms with Gasteiger partial charge in [0.05, 0.1) is 19.1 Å². The van der Waals surface area contributed by atoms with E-state index in [1.807, 2.05) is 29.2 Å². The Morgan fingerprint density at radius 1 is 1.33 bits per heavy atom. The van der Waals surface area contributed by atoms with Crippen LogP contribution in [0.3, 0.4) is 0 Å².